The number of urea groups is 1. The minimum Gasteiger partial charge on any atom is -0.341 e. The van der Waals surface area contributed by atoms with Gasteiger partial charge in [0.15, 0.2) is 0 Å². The van der Waals surface area contributed by atoms with Gasteiger partial charge in [0.1, 0.15) is 5.01 Å². The highest BCUT2D eigenvalue weighted by atomic mass is 32.1. The first kappa shape index (κ1) is 22.9. The first-order chi connectivity index (χ1) is 15.0. The minimum absolute atomic E-state index is 0.0609. The molecule has 1 fully saturated rings. The van der Waals surface area contributed by atoms with E-state index < -0.39 is 11.4 Å². The third-order valence-corrected chi connectivity index (χ3v) is 6.18. The Hall–Kier alpha value is -2.82. The van der Waals surface area contributed by atoms with Crippen LogP contribution in [0.25, 0.3) is 0 Å². The van der Waals surface area contributed by atoms with E-state index in [1.165, 1.54) is 35.2 Å². The maximum Gasteiger partial charge on any atom is 0.320 e. The van der Waals surface area contributed by atoms with E-state index in [1.54, 1.807) is 0 Å². The van der Waals surface area contributed by atoms with E-state index in [0.717, 1.165) is 37.1 Å². The molecule has 1 saturated carbocycles. The van der Waals surface area contributed by atoms with Gasteiger partial charge in [-0.05, 0) is 37.7 Å². The molecule has 1 aliphatic rings. The fourth-order valence-electron chi connectivity index (χ4n) is 3.62. The highest BCUT2D eigenvalue weighted by Crippen LogP contribution is 2.27. The number of hydrogen-bond acceptors (Lipinski definition) is 6. The smallest absolute Gasteiger partial charge is 0.320 e. The topological polar surface area (TPSA) is 118 Å². The predicted molar refractivity (Wildman–Crippen MR) is 117 cm³/mol. The van der Waals surface area contributed by atoms with Crippen molar-refractivity contribution in [2.24, 2.45) is 5.92 Å². The van der Waals surface area contributed by atoms with Crippen LogP contribution in [0.5, 0.6) is 0 Å². The van der Waals surface area contributed by atoms with Gasteiger partial charge in [0.2, 0.25) is 16.9 Å². The number of amides is 3. The average molecular weight is 451 g/mol. The Balaban J connectivity index is 1.46. The van der Waals surface area contributed by atoms with Crippen molar-refractivity contribution in [3.63, 3.8) is 0 Å². The zero-order valence-corrected chi connectivity index (χ0v) is 18.3. The van der Waals surface area contributed by atoms with Crippen molar-refractivity contribution in [3.8, 4) is 0 Å². The summed E-state index contributed by atoms with van der Waals surface area (Å²) in [4.78, 5) is 35.7. The fourth-order valence-corrected chi connectivity index (χ4v) is 4.40. The molecule has 3 N–H and O–H groups in total. The van der Waals surface area contributed by atoms with Gasteiger partial charge >= 0.3 is 6.03 Å². The number of nitrogens with zero attached hydrogens (tertiary/aromatic N) is 3. The van der Waals surface area contributed by atoms with Crippen LogP contribution in [-0.4, -0.2) is 33.8 Å². The summed E-state index contributed by atoms with van der Waals surface area (Å²) in [6.07, 6.45) is 8.21. The summed E-state index contributed by atoms with van der Waals surface area (Å²) in [5.74, 6) is -0.825. The summed E-state index contributed by atoms with van der Waals surface area (Å²) in [7, 11) is 1.51. The molecule has 0 bridgehead atoms. The summed E-state index contributed by atoms with van der Waals surface area (Å²) in [6.45, 7) is 0.355. The molecule has 11 heteroatoms. The summed E-state index contributed by atoms with van der Waals surface area (Å²) in [6, 6.07) is 1.08. The van der Waals surface area contributed by atoms with Crippen molar-refractivity contribution in [1.29, 1.82) is 0 Å². The number of aryl methyl sites for hydroxylation is 2. The van der Waals surface area contributed by atoms with Crippen LogP contribution in [0.15, 0.2) is 17.1 Å². The molecule has 9 nitrogen and oxygen atoms in total. The Morgan fingerprint density at radius 3 is 2.74 bits per heavy atom. The maximum absolute atomic E-state index is 14.4. The second kappa shape index (κ2) is 11.0. The highest BCUT2D eigenvalue weighted by molar-refractivity contribution is 7.15. The Morgan fingerprint density at radius 2 is 2.00 bits per heavy atom. The van der Waals surface area contributed by atoms with E-state index in [2.05, 4.69) is 26.1 Å². The lowest BCUT2D eigenvalue weighted by atomic mass is 10.0. The van der Waals surface area contributed by atoms with E-state index in [-0.39, 0.29) is 17.6 Å². The van der Waals surface area contributed by atoms with Crippen molar-refractivity contribution in [2.75, 3.05) is 17.7 Å². The van der Waals surface area contributed by atoms with Crippen LogP contribution in [0.3, 0.4) is 0 Å². The summed E-state index contributed by atoms with van der Waals surface area (Å²) in [5, 5.41) is 16.6. The number of anilines is 2. The standard InChI is InChI=1S/C20H27FN6O3S/c1-22-19(30)24-20-26-25-16(31-20)8-4-5-10-27-11-9-14(17(21)18(27)29)23-15(28)12-13-6-2-3-7-13/h9,11,13H,2-8,10,12H2,1H3,(H,23,28)(H2,22,24,26,30). The zero-order chi connectivity index (χ0) is 22.2. The number of unbranched alkanes of at least 4 members (excludes halogenated alkanes) is 1. The van der Waals surface area contributed by atoms with Crippen molar-refractivity contribution in [1.82, 2.24) is 20.1 Å². The number of aromatic nitrogens is 3. The molecular weight excluding hydrogens is 423 g/mol. The van der Waals surface area contributed by atoms with Crippen molar-refractivity contribution >= 4 is 34.1 Å². The molecule has 3 rings (SSSR count). The highest BCUT2D eigenvalue weighted by Gasteiger charge is 2.20. The molecule has 168 valence electrons. The van der Waals surface area contributed by atoms with Crippen LogP contribution in [0, 0.1) is 11.7 Å². The van der Waals surface area contributed by atoms with Gasteiger partial charge in [-0.25, -0.2) is 4.79 Å². The van der Waals surface area contributed by atoms with E-state index in [4.69, 9.17) is 0 Å². The van der Waals surface area contributed by atoms with E-state index in [9.17, 15) is 18.8 Å². The molecule has 0 aromatic carbocycles. The number of pyridine rings is 1. The SMILES string of the molecule is CNC(=O)Nc1nnc(CCCCn2ccc(NC(=O)CC3CCCC3)c(F)c2=O)s1. The molecule has 0 aliphatic heterocycles. The molecule has 0 radical (unpaired) electrons. The Morgan fingerprint density at radius 1 is 1.23 bits per heavy atom. The van der Waals surface area contributed by atoms with Crippen LogP contribution in [0.2, 0.25) is 0 Å². The molecule has 3 amide bonds. The normalized spacial score (nSPS) is 13.9. The Kier molecular flexibility index (Phi) is 8.10. The second-order valence-electron chi connectivity index (χ2n) is 7.61. The number of carbonyl (C=O) groups excluding carboxylic acids is 2. The number of nitrogens with one attached hydrogen (secondary N) is 3. The van der Waals surface area contributed by atoms with Gasteiger partial charge in [0, 0.05) is 32.6 Å². The third kappa shape index (κ3) is 6.58. The van der Waals surface area contributed by atoms with Gasteiger partial charge in [0.25, 0.3) is 5.56 Å². The molecule has 2 heterocycles. The molecule has 0 spiro atoms. The van der Waals surface area contributed by atoms with Crippen LogP contribution in [-0.2, 0) is 17.8 Å². The Bertz CT molecular complexity index is 970. The lowest BCUT2D eigenvalue weighted by Crippen LogP contribution is -2.25. The van der Waals surface area contributed by atoms with Crippen LogP contribution in [0.1, 0.15) is 50.0 Å². The van der Waals surface area contributed by atoms with Crippen molar-refractivity contribution < 1.29 is 14.0 Å². The zero-order valence-electron chi connectivity index (χ0n) is 17.4. The maximum atomic E-state index is 14.4. The largest absolute Gasteiger partial charge is 0.341 e. The number of hydrogen-bond donors (Lipinski definition) is 3. The van der Waals surface area contributed by atoms with Crippen molar-refractivity contribution in [3.05, 3.63) is 33.4 Å². The molecule has 0 atom stereocenters. The van der Waals surface area contributed by atoms with Crippen LogP contribution in [0.4, 0.5) is 20.0 Å². The van der Waals surface area contributed by atoms with Crippen LogP contribution >= 0.6 is 11.3 Å². The van der Waals surface area contributed by atoms with Gasteiger partial charge in [-0.3, -0.25) is 14.9 Å². The fraction of sp³-hybridized carbons (Fsp3) is 0.550. The van der Waals surface area contributed by atoms with E-state index >= 15 is 0 Å². The van der Waals surface area contributed by atoms with Gasteiger partial charge in [-0.15, -0.1) is 10.2 Å². The molecule has 1 aliphatic carbocycles. The molecule has 2 aromatic heterocycles. The summed E-state index contributed by atoms with van der Waals surface area (Å²) < 4.78 is 15.7. The van der Waals surface area contributed by atoms with Gasteiger partial charge in [0.05, 0.1) is 5.69 Å². The van der Waals surface area contributed by atoms with E-state index in [0.29, 0.717) is 36.9 Å². The molecule has 31 heavy (non-hydrogen) atoms. The molecule has 0 saturated heterocycles. The predicted octanol–water partition coefficient (Wildman–Crippen LogP) is 3.13. The van der Waals surface area contributed by atoms with Crippen molar-refractivity contribution in [2.45, 2.75) is 57.9 Å². The Labute approximate surface area is 183 Å². The third-order valence-electron chi connectivity index (χ3n) is 5.28. The van der Waals surface area contributed by atoms with Gasteiger partial charge in [-0.1, -0.05) is 24.2 Å². The number of rotatable bonds is 9. The summed E-state index contributed by atoms with van der Waals surface area (Å²) >= 11 is 1.28. The molecule has 0 unspecified atom stereocenters. The first-order valence-electron chi connectivity index (χ1n) is 10.5. The monoisotopic (exact) mass is 450 g/mol. The minimum atomic E-state index is -0.934. The van der Waals surface area contributed by atoms with Gasteiger partial charge < -0.3 is 15.2 Å². The lowest BCUT2D eigenvalue weighted by molar-refractivity contribution is -0.117. The number of halogens is 1. The first-order valence-corrected chi connectivity index (χ1v) is 11.3. The van der Waals surface area contributed by atoms with E-state index in [1.807, 2.05) is 0 Å². The summed E-state index contributed by atoms with van der Waals surface area (Å²) in [5.41, 5.74) is -0.805. The number of carbonyl (C=O) groups is 2. The lowest BCUT2D eigenvalue weighted by Gasteiger charge is -2.11. The quantitative estimate of drug-likeness (QED) is 0.507. The molecule has 2 aromatic rings. The molecular formula is C20H27FN6O3S. The van der Waals surface area contributed by atoms with Crippen LogP contribution < -0.4 is 21.5 Å². The van der Waals surface area contributed by atoms with Gasteiger partial charge in [-0.2, -0.15) is 4.39 Å². The average Bonchev–Trinajstić information content (AvgIpc) is 3.42. The second-order valence-corrected chi connectivity index (χ2v) is 8.67.